The van der Waals surface area contributed by atoms with Gasteiger partial charge in [0.2, 0.25) is 0 Å². The number of nitrogens with one attached hydrogen (secondary N) is 1. The minimum atomic E-state index is -0.310. The fourth-order valence-corrected chi connectivity index (χ4v) is 2.26. The van der Waals surface area contributed by atoms with E-state index in [1.165, 1.54) is 6.20 Å². The van der Waals surface area contributed by atoms with Crippen LogP contribution in [0.25, 0.3) is 0 Å². The number of hydrogen-bond donors (Lipinski definition) is 2. The fraction of sp³-hybridized carbons (Fsp3) is 0.154. The number of rotatable bonds is 4. The molecule has 1 unspecified atom stereocenters. The summed E-state index contributed by atoms with van der Waals surface area (Å²) in [6, 6.07) is 8.83. The van der Waals surface area contributed by atoms with Crippen LogP contribution in [-0.4, -0.2) is 12.1 Å². The summed E-state index contributed by atoms with van der Waals surface area (Å²) < 4.78 is 5.12. The predicted molar refractivity (Wildman–Crippen MR) is 76.4 cm³/mol. The minimum Gasteiger partial charge on any atom is -0.497 e. The largest absolute Gasteiger partial charge is 0.497 e. The van der Waals surface area contributed by atoms with Gasteiger partial charge in [-0.25, -0.2) is 5.43 Å². The lowest BCUT2D eigenvalue weighted by atomic mass is 10.0. The van der Waals surface area contributed by atoms with Gasteiger partial charge in [-0.15, -0.1) is 0 Å². The summed E-state index contributed by atoms with van der Waals surface area (Å²) in [7, 11) is 1.62. The van der Waals surface area contributed by atoms with Gasteiger partial charge in [0.25, 0.3) is 0 Å². The Hall–Kier alpha value is -1.33. The maximum absolute atomic E-state index is 6.14. The van der Waals surface area contributed by atoms with Gasteiger partial charge in [-0.1, -0.05) is 35.3 Å². The van der Waals surface area contributed by atoms with Crippen molar-refractivity contribution in [3.8, 4) is 5.75 Å². The number of hydrogen-bond acceptors (Lipinski definition) is 4. The van der Waals surface area contributed by atoms with Crippen LogP contribution in [0, 0.1) is 0 Å². The van der Waals surface area contributed by atoms with Gasteiger partial charge in [-0.2, -0.15) is 0 Å². The molecule has 1 aromatic carbocycles. The molecule has 1 atom stereocenters. The highest BCUT2D eigenvalue weighted by molar-refractivity contribution is 6.34. The fourth-order valence-electron chi connectivity index (χ4n) is 1.77. The molecule has 0 saturated heterocycles. The van der Waals surface area contributed by atoms with Crippen LogP contribution in [0.15, 0.2) is 36.5 Å². The predicted octanol–water partition coefficient (Wildman–Crippen LogP) is 2.95. The van der Waals surface area contributed by atoms with Crippen molar-refractivity contribution in [3.05, 3.63) is 57.8 Å². The second-order valence-corrected chi connectivity index (χ2v) is 4.74. The van der Waals surface area contributed by atoms with Crippen LogP contribution >= 0.6 is 23.2 Å². The van der Waals surface area contributed by atoms with Gasteiger partial charge >= 0.3 is 0 Å². The molecule has 0 aliphatic heterocycles. The molecule has 6 heteroatoms. The third kappa shape index (κ3) is 3.16. The molecule has 0 aliphatic rings. The third-order valence-corrected chi connectivity index (χ3v) is 3.23. The second-order valence-electron chi connectivity index (χ2n) is 3.89. The van der Waals surface area contributed by atoms with Gasteiger partial charge in [-0.05, 0) is 23.8 Å². The van der Waals surface area contributed by atoms with Crippen LogP contribution in [0.5, 0.6) is 5.75 Å². The summed E-state index contributed by atoms with van der Waals surface area (Å²) in [5.74, 6) is 6.37. The van der Waals surface area contributed by atoms with Crippen molar-refractivity contribution in [3.63, 3.8) is 0 Å². The molecule has 2 rings (SSSR count). The van der Waals surface area contributed by atoms with E-state index in [4.69, 9.17) is 33.8 Å². The van der Waals surface area contributed by atoms with Crippen LogP contribution in [0.4, 0.5) is 0 Å². The highest BCUT2D eigenvalue weighted by Crippen LogP contribution is 2.28. The maximum Gasteiger partial charge on any atom is 0.118 e. The highest BCUT2D eigenvalue weighted by Gasteiger charge is 2.17. The first-order valence-electron chi connectivity index (χ1n) is 5.56. The Morgan fingerprint density at radius 3 is 2.47 bits per heavy atom. The Kier molecular flexibility index (Phi) is 4.61. The molecule has 0 amide bonds. The van der Waals surface area contributed by atoms with Gasteiger partial charge in [0, 0.05) is 6.20 Å². The molecule has 0 radical (unpaired) electrons. The molecule has 3 N–H and O–H groups in total. The summed E-state index contributed by atoms with van der Waals surface area (Å²) in [5.41, 5.74) is 4.26. The zero-order valence-corrected chi connectivity index (χ0v) is 11.7. The molecule has 4 nitrogen and oxygen atoms in total. The average molecular weight is 298 g/mol. The van der Waals surface area contributed by atoms with E-state index in [0.717, 1.165) is 11.3 Å². The van der Waals surface area contributed by atoms with E-state index in [9.17, 15) is 0 Å². The minimum absolute atomic E-state index is 0.310. The quantitative estimate of drug-likeness (QED) is 0.673. The van der Waals surface area contributed by atoms with E-state index in [1.54, 1.807) is 13.2 Å². The summed E-state index contributed by atoms with van der Waals surface area (Å²) in [4.78, 5) is 4.23. The second kappa shape index (κ2) is 6.21. The molecule has 0 fully saturated rings. The number of benzene rings is 1. The van der Waals surface area contributed by atoms with Crippen molar-refractivity contribution < 1.29 is 4.74 Å². The molecule has 1 aromatic heterocycles. The van der Waals surface area contributed by atoms with Gasteiger partial charge in [0.15, 0.2) is 0 Å². The number of halogens is 2. The van der Waals surface area contributed by atoms with Gasteiger partial charge in [0.05, 0.1) is 28.9 Å². The normalized spacial score (nSPS) is 12.2. The van der Waals surface area contributed by atoms with Crippen LogP contribution in [0.2, 0.25) is 10.0 Å². The summed E-state index contributed by atoms with van der Waals surface area (Å²) in [6.07, 6.45) is 1.54. The topological polar surface area (TPSA) is 60.2 Å². The Labute approximate surface area is 121 Å². The molecule has 0 spiro atoms. The number of nitrogens with two attached hydrogens (primary N) is 1. The number of nitrogens with zero attached hydrogens (tertiary/aromatic N) is 1. The molecule has 100 valence electrons. The smallest absolute Gasteiger partial charge is 0.118 e. The lowest BCUT2D eigenvalue weighted by Crippen LogP contribution is -2.29. The number of pyridine rings is 1. The molecular formula is C13H13Cl2N3O. The van der Waals surface area contributed by atoms with Crippen LogP contribution in [-0.2, 0) is 0 Å². The van der Waals surface area contributed by atoms with Crippen molar-refractivity contribution in [1.82, 2.24) is 10.4 Å². The number of ether oxygens (including phenoxy) is 1. The standard InChI is InChI=1S/C13H13Cl2N3O/c1-19-10-4-2-8(3-5-10)12(18-16)13-11(15)6-9(14)7-17-13/h2-7,12,18H,16H2,1H3. The summed E-state index contributed by atoms with van der Waals surface area (Å²) in [6.45, 7) is 0. The third-order valence-electron chi connectivity index (χ3n) is 2.73. The van der Waals surface area contributed by atoms with Crippen molar-refractivity contribution in [1.29, 1.82) is 0 Å². The first-order chi connectivity index (χ1) is 9.15. The number of methoxy groups -OCH3 is 1. The summed E-state index contributed by atoms with van der Waals surface area (Å²) in [5, 5.41) is 0.950. The lowest BCUT2D eigenvalue weighted by Gasteiger charge is -2.17. The zero-order valence-electron chi connectivity index (χ0n) is 10.2. The van der Waals surface area contributed by atoms with Crippen molar-refractivity contribution >= 4 is 23.2 Å². The van der Waals surface area contributed by atoms with E-state index < -0.39 is 0 Å². The number of aromatic nitrogens is 1. The lowest BCUT2D eigenvalue weighted by molar-refractivity contribution is 0.414. The molecule has 19 heavy (non-hydrogen) atoms. The Morgan fingerprint density at radius 1 is 1.26 bits per heavy atom. The first kappa shape index (κ1) is 14.1. The molecule has 0 saturated carbocycles. The monoisotopic (exact) mass is 297 g/mol. The molecule has 2 aromatic rings. The Morgan fingerprint density at radius 2 is 1.95 bits per heavy atom. The van der Waals surface area contributed by atoms with Crippen LogP contribution in [0.3, 0.4) is 0 Å². The van der Waals surface area contributed by atoms with Crippen LogP contribution < -0.4 is 16.0 Å². The number of hydrazine groups is 1. The first-order valence-corrected chi connectivity index (χ1v) is 6.32. The van der Waals surface area contributed by atoms with Crippen LogP contribution in [0.1, 0.15) is 17.3 Å². The maximum atomic E-state index is 6.14. The van der Waals surface area contributed by atoms with Crippen molar-refractivity contribution in [2.45, 2.75) is 6.04 Å². The zero-order chi connectivity index (χ0) is 13.8. The summed E-state index contributed by atoms with van der Waals surface area (Å²) >= 11 is 12.0. The van der Waals surface area contributed by atoms with E-state index >= 15 is 0 Å². The Bertz CT molecular complexity index is 560. The van der Waals surface area contributed by atoms with Crippen molar-refractivity contribution in [2.75, 3.05) is 7.11 Å². The SMILES string of the molecule is COc1ccc(C(NN)c2ncc(Cl)cc2Cl)cc1. The molecule has 0 aliphatic carbocycles. The van der Waals surface area contributed by atoms with Crippen molar-refractivity contribution in [2.24, 2.45) is 5.84 Å². The average Bonchev–Trinajstić information content (AvgIpc) is 2.42. The van der Waals surface area contributed by atoms with Gasteiger partial charge in [0.1, 0.15) is 5.75 Å². The van der Waals surface area contributed by atoms with Gasteiger partial charge in [-0.3, -0.25) is 10.8 Å². The highest BCUT2D eigenvalue weighted by atomic mass is 35.5. The molecule has 0 bridgehead atoms. The van der Waals surface area contributed by atoms with E-state index in [0.29, 0.717) is 15.7 Å². The molecular weight excluding hydrogens is 285 g/mol. The van der Waals surface area contributed by atoms with Gasteiger partial charge < -0.3 is 4.74 Å². The Balaban J connectivity index is 2.37. The van der Waals surface area contributed by atoms with E-state index in [2.05, 4.69) is 10.4 Å². The molecule has 1 heterocycles. The van der Waals surface area contributed by atoms with E-state index in [1.807, 2.05) is 24.3 Å². The van der Waals surface area contributed by atoms with E-state index in [-0.39, 0.29) is 6.04 Å².